The van der Waals surface area contributed by atoms with Crippen LogP contribution in [-0.4, -0.2) is 17.8 Å². The first kappa shape index (κ1) is 20.0. The first-order chi connectivity index (χ1) is 15.7. The monoisotopic (exact) mass is 419 g/mol. The van der Waals surface area contributed by atoms with Crippen LogP contribution >= 0.6 is 0 Å². The number of fused-ring (bicyclic) bond motifs is 1. The Morgan fingerprint density at radius 2 is 1.66 bits per heavy atom. The summed E-state index contributed by atoms with van der Waals surface area (Å²) in [5.41, 5.74) is 6.93. The van der Waals surface area contributed by atoms with Crippen molar-refractivity contribution in [1.82, 2.24) is 4.98 Å². The molecule has 0 saturated carbocycles. The van der Waals surface area contributed by atoms with Crippen molar-refractivity contribution < 1.29 is 4.79 Å². The molecule has 0 radical (unpaired) electrons. The maximum atomic E-state index is 13.8. The number of anilines is 2. The molecule has 2 aliphatic rings. The van der Waals surface area contributed by atoms with Gasteiger partial charge in [-0.3, -0.25) is 9.78 Å². The number of pyridine rings is 1. The van der Waals surface area contributed by atoms with Crippen molar-refractivity contribution >= 4 is 22.7 Å². The van der Waals surface area contributed by atoms with Gasteiger partial charge >= 0.3 is 0 Å². The number of Topliss-reactive ketones (excluding diaryl/α,β-unsaturated/α-hetero) is 1. The molecule has 2 unspecified atom stereocenters. The van der Waals surface area contributed by atoms with Gasteiger partial charge in [-0.1, -0.05) is 48.6 Å². The molecule has 5 rings (SSSR count). The second-order valence-corrected chi connectivity index (χ2v) is 8.08. The van der Waals surface area contributed by atoms with Gasteiger partial charge < -0.3 is 10.6 Å². The lowest BCUT2D eigenvalue weighted by Crippen LogP contribution is -2.25. The summed E-state index contributed by atoms with van der Waals surface area (Å²) in [5, 5.41) is 6.64. The molecule has 1 heterocycles. The van der Waals surface area contributed by atoms with E-state index >= 15 is 0 Å². The number of hydrogen-bond acceptors (Lipinski definition) is 4. The van der Waals surface area contributed by atoms with Gasteiger partial charge in [-0.05, 0) is 53.6 Å². The van der Waals surface area contributed by atoms with Crippen LogP contribution in [0.1, 0.15) is 11.3 Å². The largest absolute Gasteiger partial charge is 0.388 e. The van der Waals surface area contributed by atoms with E-state index in [9.17, 15) is 4.79 Å². The van der Waals surface area contributed by atoms with Crippen molar-refractivity contribution in [3.05, 3.63) is 120 Å². The van der Waals surface area contributed by atoms with E-state index in [4.69, 9.17) is 0 Å². The summed E-state index contributed by atoms with van der Waals surface area (Å²) in [6.45, 7) is 0. The van der Waals surface area contributed by atoms with Gasteiger partial charge in [0.15, 0.2) is 5.78 Å². The highest BCUT2D eigenvalue weighted by Crippen LogP contribution is 2.47. The van der Waals surface area contributed by atoms with Crippen molar-refractivity contribution in [2.45, 2.75) is 6.42 Å². The Morgan fingerprint density at radius 1 is 0.906 bits per heavy atom. The van der Waals surface area contributed by atoms with Gasteiger partial charge in [-0.15, -0.1) is 0 Å². The standard InChI is InChI=1S/C28H25N3O/c1-29-20-13-15-21(16-14-20)31-25-12-7-11-23-26(19-8-3-2-4-9-19)24(28(32)27(23)25)18-22-10-5-6-17-30-22/h2-17,23,27,29,31H,18H2,1H3. The Balaban J connectivity index is 1.51. The molecule has 1 aromatic heterocycles. The van der Waals surface area contributed by atoms with E-state index < -0.39 is 0 Å². The number of rotatable bonds is 6. The minimum absolute atomic E-state index is 0.00712. The lowest BCUT2D eigenvalue weighted by atomic mass is 9.82. The summed E-state index contributed by atoms with van der Waals surface area (Å²) in [4.78, 5) is 18.3. The smallest absolute Gasteiger partial charge is 0.169 e. The van der Waals surface area contributed by atoms with Crippen LogP contribution in [-0.2, 0) is 11.2 Å². The highest BCUT2D eigenvalue weighted by molar-refractivity contribution is 6.12. The Labute approximate surface area is 188 Å². The maximum absolute atomic E-state index is 13.8. The van der Waals surface area contributed by atoms with E-state index in [0.29, 0.717) is 6.42 Å². The van der Waals surface area contributed by atoms with E-state index in [2.05, 4.69) is 39.9 Å². The summed E-state index contributed by atoms with van der Waals surface area (Å²) in [7, 11) is 1.90. The normalized spacial score (nSPS) is 19.5. The van der Waals surface area contributed by atoms with Crippen LogP contribution in [0, 0.1) is 11.8 Å². The molecule has 0 spiro atoms. The minimum atomic E-state index is -0.252. The van der Waals surface area contributed by atoms with Crippen LogP contribution in [0.4, 0.5) is 11.4 Å². The number of hydrogen-bond donors (Lipinski definition) is 2. The number of nitrogens with zero attached hydrogens (tertiary/aromatic N) is 1. The topological polar surface area (TPSA) is 54.0 Å². The zero-order valence-electron chi connectivity index (χ0n) is 18.0. The van der Waals surface area contributed by atoms with Crippen molar-refractivity contribution in [2.24, 2.45) is 11.8 Å². The van der Waals surface area contributed by atoms with Gasteiger partial charge in [0.2, 0.25) is 0 Å². The number of carbonyl (C=O) groups is 1. The molecule has 0 aliphatic heterocycles. The van der Waals surface area contributed by atoms with Gasteiger partial charge in [0.25, 0.3) is 0 Å². The van der Waals surface area contributed by atoms with E-state index in [-0.39, 0.29) is 17.6 Å². The second-order valence-electron chi connectivity index (χ2n) is 8.08. The number of benzene rings is 2. The van der Waals surface area contributed by atoms with Gasteiger partial charge in [0.1, 0.15) is 0 Å². The Bertz CT molecular complexity index is 1210. The summed E-state index contributed by atoms with van der Waals surface area (Å²) < 4.78 is 0. The summed E-state index contributed by atoms with van der Waals surface area (Å²) >= 11 is 0. The number of carbonyl (C=O) groups excluding carboxylic acids is 1. The highest BCUT2D eigenvalue weighted by atomic mass is 16.1. The molecule has 3 aromatic rings. The number of allylic oxidation sites excluding steroid dienone is 6. The summed E-state index contributed by atoms with van der Waals surface area (Å²) in [6, 6.07) is 24.2. The van der Waals surface area contributed by atoms with Crippen LogP contribution in [0.25, 0.3) is 5.57 Å². The van der Waals surface area contributed by atoms with Crippen molar-refractivity contribution in [1.29, 1.82) is 0 Å². The van der Waals surface area contributed by atoms with Crippen molar-refractivity contribution in [2.75, 3.05) is 17.7 Å². The lowest BCUT2D eigenvalue weighted by Gasteiger charge is -2.25. The molecule has 2 atom stereocenters. The van der Waals surface area contributed by atoms with Crippen LogP contribution in [0.5, 0.6) is 0 Å². The Morgan fingerprint density at radius 3 is 2.38 bits per heavy atom. The second kappa shape index (κ2) is 8.67. The fourth-order valence-corrected chi connectivity index (χ4v) is 4.63. The highest BCUT2D eigenvalue weighted by Gasteiger charge is 2.43. The first-order valence-electron chi connectivity index (χ1n) is 10.9. The van der Waals surface area contributed by atoms with E-state index in [1.54, 1.807) is 6.20 Å². The number of nitrogens with one attached hydrogen (secondary N) is 2. The molecule has 0 amide bonds. The molecule has 4 nitrogen and oxygen atoms in total. The average molecular weight is 420 g/mol. The van der Waals surface area contributed by atoms with E-state index in [0.717, 1.165) is 39.5 Å². The Hall–Kier alpha value is -3.92. The Kier molecular flexibility index (Phi) is 5.42. The third-order valence-electron chi connectivity index (χ3n) is 6.16. The molecule has 2 N–H and O–H groups in total. The molecular formula is C28H25N3O. The van der Waals surface area contributed by atoms with E-state index in [1.807, 2.05) is 73.8 Å². The molecule has 0 saturated heterocycles. The molecule has 4 heteroatoms. The summed E-state index contributed by atoms with van der Waals surface area (Å²) in [5.74, 6) is -0.0694. The van der Waals surface area contributed by atoms with Gasteiger partial charge in [0, 0.05) is 53.9 Å². The zero-order chi connectivity index (χ0) is 21.9. The van der Waals surface area contributed by atoms with Gasteiger partial charge in [-0.2, -0.15) is 0 Å². The SMILES string of the molecule is CNc1ccc(NC2=CC=CC3C(c4ccccc4)=C(Cc4ccccn4)C(=O)C23)cc1. The number of aromatic nitrogens is 1. The molecule has 0 bridgehead atoms. The molecule has 2 aliphatic carbocycles. The van der Waals surface area contributed by atoms with E-state index in [1.165, 1.54) is 0 Å². The lowest BCUT2D eigenvalue weighted by molar-refractivity contribution is -0.117. The molecule has 158 valence electrons. The fraction of sp³-hybridized carbons (Fsp3) is 0.143. The minimum Gasteiger partial charge on any atom is -0.388 e. The predicted molar refractivity (Wildman–Crippen MR) is 130 cm³/mol. The fourth-order valence-electron chi connectivity index (χ4n) is 4.63. The quantitative estimate of drug-likeness (QED) is 0.554. The molecule has 32 heavy (non-hydrogen) atoms. The molecule has 2 aromatic carbocycles. The van der Waals surface area contributed by atoms with Crippen LogP contribution < -0.4 is 10.6 Å². The third kappa shape index (κ3) is 3.76. The maximum Gasteiger partial charge on any atom is 0.169 e. The van der Waals surface area contributed by atoms with Crippen molar-refractivity contribution in [3.63, 3.8) is 0 Å². The van der Waals surface area contributed by atoms with Crippen molar-refractivity contribution in [3.8, 4) is 0 Å². The third-order valence-corrected chi connectivity index (χ3v) is 6.16. The van der Waals surface area contributed by atoms with Gasteiger partial charge in [-0.25, -0.2) is 0 Å². The number of ketones is 1. The van der Waals surface area contributed by atoms with Crippen LogP contribution in [0.2, 0.25) is 0 Å². The molecular weight excluding hydrogens is 394 g/mol. The van der Waals surface area contributed by atoms with Crippen LogP contribution in [0.15, 0.2) is 108 Å². The predicted octanol–water partition coefficient (Wildman–Crippen LogP) is 5.50. The molecule has 0 fully saturated rings. The van der Waals surface area contributed by atoms with Gasteiger partial charge in [0.05, 0.1) is 5.92 Å². The average Bonchev–Trinajstić information content (AvgIpc) is 3.13. The summed E-state index contributed by atoms with van der Waals surface area (Å²) in [6.07, 6.45) is 8.56. The first-order valence-corrected chi connectivity index (χ1v) is 10.9. The zero-order valence-corrected chi connectivity index (χ0v) is 18.0. The van der Waals surface area contributed by atoms with Crippen LogP contribution in [0.3, 0.4) is 0 Å².